The van der Waals surface area contributed by atoms with Crippen molar-refractivity contribution in [1.29, 1.82) is 0 Å². The van der Waals surface area contributed by atoms with Gasteiger partial charge < -0.3 is 11.1 Å². The van der Waals surface area contributed by atoms with Gasteiger partial charge in [-0.15, -0.1) is 0 Å². The topological polar surface area (TPSA) is 107 Å². The number of amides is 1. The van der Waals surface area contributed by atoms with Crippen molar-refractivity contribution in [1.82, 2.24) is 25.3 Å². The molecule has 110 valence electrons. The predicted octanol–water partition coefficient (Wildman–Crippen LogP) is 0.747. The molecule has 3 N–H and O–H groups in total. The summed E-state index contributed by atoms with van der Waals surface area (Å²) >= 11 is 0. The van der Waals surface area contributed by atoms with Crippen LogP contribution in [0.3, 0.4) is 0 Å². The minimum atomic E-state index is -0.225. The van der Waals surface area contributed by atoms with Gasteiger partial charge in [0.2, 0.25) is 5.95 Å². The number of anilines is 1. The highest BCUT2D eigenvalue weighted by atomic mass is 16.1. The fourth-order valence-electron chi connectivity index (χ4n) is 2.00. The molecule has 1 amide bonds. The highest BCUT2D eigenvalue weighted by molar-refractivity contribution is 5.94. The third kappa shape index (κ3) is 3.95. The average Bonchev–Trinajstić information content (AvgIpc) is 2.37. The van der Waals surface area contributed by atoms with Gasteiger partial charge in [0.05, 0.1) is 11.3 Å². The largest absolute Gasteiger partial charge is 0.368 e. The van der Waals surface area contributed by atoms with Crippen molar-refractivity contribution in [3.05, 3.63) is 40.7 Å². The number of hydrogen-bond acceptors (Lipinski definition) is 6. The van der Waals surface area contributed by atoms with E-state index in [1.165, 1.54) is 6.20 Å². The summed E-state index contributed by atoms with van der Waals surface area (Å²) in [6.45, 7) is 6.02. The van der Waals surface area contributed by atoms with Gasteiger partial charge in [-0.1, -0.05) is 0 Å². The van der Waals surface area contributed by atoms with Crippen LogP contribution in [0.4, 0.5) is 5.95 Å². The quantitative estimate of drug-likeness (QED) is 0.858. The van der Waals surface area contributed by atoms with Crippen molar-refractivity contribution in [2.45, 2.75) is 27.2 Å². The summed E-state index contributed by atoms with van der Waals surface area (Å²) in [5.41, 5.74) is 8.29. The molecule has 0 unspecified atom stereocenters. The van der Waals surface area contributed by atoms with Crippen molar-refractivity contribution in [3.8, 4) is 0 Å². The van der Waals surface area contributed by atoms with Crippen LogP contribution in [0.15, 0.2) is 12.3 Å². The molecule has 7 nitrogen and oxygen atoms in total. The Kier molecular flexibility index (Phi) is 4.42. The van der Waals surface area contributed by atoms with Crippen LogP contribution in [0.2, 0.25) is 0 Å². The Labute approximate surface area is 123 Å². The molecule has 0 aliphatic heterocycles. The van der Waals surface area contributed by atoms with Gasteiger partial charge in [-0.25, -0.2) is 19.9 Å². The van der Waals surface area contributed by atoms with Crippen molar-refractivity contribution in [2.75, 3.05) is 12.3 Å². The van der Waals surface area contributed by atoms with Crippen LogP contribution in [-0.2, 0) is 6.42 Å². The maximum atomic E-state index is 12.0. The summed E-state index contributed by atoms with van der Waals surface area (Å²) < 4.78 is 0. The van der Waals surface area contributed by atoms with E-state index in [1.807, 2.05) is 19.9 Å². The Morgan fingerprint density at radius 2 is 1.86 bits per heavy atom. The Morgan fingerprint density at radius 1 is 1.19 bits per heavy atom. The Morgan fingerprint density at radius 3 is 2.48 bits per heavy atom. The monoisotopic (exact) mass is 286 g/mol. The lowest BCUT2D eigenvalue weighted by Crippen LogP contribution is -2.27. The van der Waals surface area contributed by atoms with Gasteiger partial charge in [0.1, 0.15) is 5.82 Å². The van der Waals surface area contributed by atoms with E-state index in [1.54, 1.807) is 6.92 Å². The molecule has 2 heterocycles. The lowest BCUT2D eigenvalue weighted by molar-refractivity contribution is 0.0952. The van der Waals surface area contributed by atoms with Gasteiger partial charge >= 0.3 is 0 Å². The first-order valence-corrected chi connectivity index (χ1v) is 6.64. The van der Waals surface area contributed by atoms with E-state index in [-0.39, 0.29) is 11.9 Å². The smallest absolute Gasteiger partial charge is 0.254 e. The van der Waals surface area contributed by atoms with Gasteiger partial charge in [0.15, 0.2) is 0 Å². The predicted molar refractivity (Wildman–Crippen MR) is 78.7 cm³/mol. The van der Waals surface area contributed by atoms with Gasteiger partial charge in [-0.05, 0) is 26.8 Å². The number of hydrogen-bond donors (Lipinski definition) is 2. The summed E-state index contributed by atoms with van der Waals surface area (Å²) in [5, 5.41) is 2.81. The first-order valence-electron chi connectivity index (χ1n) is 6.64. The normalized spacial score (nSPS) is 10.4. The van der Waals surface area contributed by atoms with E-state index in [4.69, 9.17) is 5.73 Å². The first kappa shape index (κ1) is 14.8. The van der Waals surface area contributed by atoms with E-state index in [9.17, 15) is 4.79 Å². The molecule has 2 aromatic rings. The summed E-state index contributed by atoms with van der Waals surface area (Å²) in [7, 11) is 0. The van der Waals surface area contributed by atoms with E-state index in [0.717, 1.165) is 17.2 Å². The van der Waals surface area contributed by atoms with Crippen molar-refractivity contribution in [2.24, 2.45) is 0 Å². The zero-order chi connectivity index (χ0) is 15.4. The average molecular weight is 286 g/mol. The van der Waals surface area contributed by atoms with E-state index in [0.29, 0.717) is 24.2 Å². The molecule has 0 saturated carbocycles. The fraction of sp³-hybridized carbons (Fsp3) is 0.357. The zero-order valence-electron chi connectivity index (χ0n) is 12.3. The van der Waals surface area contributed by atoms with Gasteiger partial charge in [0.25, 0.3) is 5.91 Å². The van der Waals surface area contributed by atoms with Gasteiger partial charge in [0, 0.05) is 30.6 Å². The number of rotatable bonds is 4. The van der Waals surface area contributed by atoms with Crippen LogP contribution in [0.25, 0.3) is 0 Å². The summed E-state index contributed by atoms with van der Waals surface area (Å²) in [5.74, 6) is 0.655. The highest BCUT2D eigenvalue weighted by Crippen LogP contribution is 2.05. The minimum absolute atomic E-state index is 0.160. The van der Waals surface area contributed by atoms with E-state index >= 15 is 0 Å². The maximum absolute atomic E-state index is 12.0. The molecule has 0 atom stereocenters. The lowest BCUT2D eigenvalue weighted by atomic mass is 10.2. The molecule has 0 aliphatic carbocycles. The van der Waals surface area contributed by atoms with Gasteiger partial charge in [-0.2, -0.15) is 0 Å². The first-order chi connectivity index (χ1) is 9.95. The van der Waals surface area contributed by atoms with Crippen LogP contribution in [0.1, 0.15) is 33.3 Å². The number of nitrogen functional groups attached to an aromatic ring is 1. The molecule has 2 rings (SSSR count). The molecule has 2 aromatic heterocycles. The fourth-order valence-corrected chi connectivity index (χ4v) is 2.00. The molecule has 7 heteroatoms. The summed E-state index contributed by atoms with van der Waals surface area (Å²) in [6, 6.07) is 1.91. The number of nitrogens with one attached hydrogen (secondary N) is 1. The van der Waals surface area contributed by atoms with Crippen LogP contribution in [-0.4, -0.2) is 32.4 Å². The van der Waals surface area contributed by atoms with Crippen molar-refractivity contribution in [3.63, 3.8) is 0 Å². The van der Waals surface area contributed by atoms with Gasteiger partial charge in [-0.3, -0.25) is 4.79 Å². The third-order valence-electron chi connectivity index (χ3n) is 2.91. The maximum Gasteiger partial charge on any atom is 0.254 e. The standard InChI is InChI=1S/C14H18N6O/c1-8-6-9(2)19-12(18-8)4-5-16-13(21)11-7-17-14(15)20-10(11)3/h6-7H,4-5H2,1-3H3,(H,16,21)(H2,15,17,20). The minimum Gasteiger partial charge on any atom is -0.368 e. The Bertz CT molecular complexity index is 650. The summed E-state index contributed by atoms with van der Waals surface area (Å²) in [4.78, 5) is 28.5. The second-order valence-electron chi connectivity index (χ2n) is 4.80. The highest BCUT2D eigenvalue weighted by Gasteiger charge is 2.11. The number of aromatic nitrogens is 4. The molecule has 21 heavy (non-hydrogen) atoms. The lowest BCUT2D eigenvalue weighted by Gasteiger charge is -2.07. The Hall–Kier alpha value is -2.57. The number of carbonyl (C=O) groups excluding carboxylic acids is 1. The number of nitrogens with zero attached hydrogens (tertiary/aromatic N) is 4. The van der Waals surface area contributed by atoms with Crippen LogP contribution in [0, 0.1) is 20.8 Å². The molecule has 0 fully saturated rings. The van der Waals surface area contributed by atoms with Crippen LogP contribution in [0.5, 0.6) is 0 Å². The van der Waals surface area contributed by atoms with Crippen LogP contribution < -0.4 is 11.1 Å². The van der Waals surface area contributed by atoms with E-state index < -0.39 is 0 Å². The summed E-state index contributed by atoms with van der Waals surface area (Å²) in [6.07, 6.45) is 2.00. The van der Waals surface area contributed by atoms with Crippen molar-refractivity contribution < 1.29 is 4.79 Å². The van der Waals surface area contributed by atoms with Crippen LogP contribution >= 0.6 is 0 Å². The zero-order valence-corrected chi connectivity index (χ0v) is 12.3. The Balaban J connectivity index is 1.95. The molecule has 0 radical (unpaired) electrons. The number of aryl methyl sites for hydroxylation is 3. The van der Waals surface area contributed by atoms with E-state index in [2.05, 4.69) is 25.3 Å². The molecular weight excluding hydrogens is 268 g/mol. The second kappa shape index (κ2) is 6.25. The molecule has 0 bridgehead atoms. The second-order valence-corrected chi connectivity index (χ2v) is 4.80. The molecule has 0 saturated heterocycles. The molecule has 0 aliphatic rings. The molecule has 0 aromatic carbocycles. The number of nitrogens with two attached hydrogens (primary N) is 1. The SMILES string of the molecule is Cc1cc(C)nc(CCNC(=O)c2cnc(N)nc2C)n1. The third-order valence-corrected chi connectivity index (χ3v) is 2.91. The van der Waals surface area contributed by atoms with Crippen molar-refractivity contribution >= 4 is 11.9 Å². The molecule has 0 spiro atoms. The number of carbonyl (C=O) groups is 1. The molecular formula is C14H18N6O.